The monoisotopic (exact) mass is 265 g/mol. The molecule has 0 saturated carbocycles. The maximum Gasteiger partial charge on any atom is 0.353 e. The highest BCUT2D eigenvalue weighted by Crippen LogP contribution is 2.35. The summed E-state index contributed by atoms with van der Waals surface area (Å²) in [7, 11) is 1.81. The van der Waals surface area contributed by atoms with Crippen molar-refractivity contribution >= 4 is 16.9 Å². The Morgan fingerprint density at radius 2 is 1.75 bits per heavy atom. The first-order valence-electron chi connectivity index (χ1n) is 6.48. The summed E-state index contributed by atoms with van der Waals surface area (Å²) in [5.74, 6) is -0.901. The van der Waals surface area contributed by atoms with Gasteiger partial charge in [0.1, 0.15) is 5.69 Å². The zero-order valence-corrected chi connectivity index (χ0v) is 11.4. The van der Waals surface area contributed by atoms with E-state index in [0.717, 1.165) is 27.6 Å². The Morgan fingerprint density at radius 3 is 2.40 bits per heavy atom. The van der Waals surface area contributed by atoms with Gasteiger partial charge in [0, 0.05) is 18.0 Å². The van der Waals surface area contributed by atoms with Crippen LogP contribution in [-0.4, -0.2) is 15.6 Å². The molecule has 0 aliphatic heterocycles. The van der Waals surface area contributed by atoms with Crippen molar-refractivity contribution in [2.75, 3.05) is 0 Å². The van der Waals surface area contributed by atoms with Crippen LogP contribution < -0.4 is 0 Å². The van der Waals surface area contributed by atoms with Gasteiger partial charge in [-0.25, -0.2) is 4.79 Å². The number of hydrogen-bond acceptors (Lipinski definition) is 1. The third kappa shape index (κ3) is 1.71. The molecule has 0 aliphatic carbocycles. The first-order chi connectivity index (χ1) is 9.61. The highest BCUT2D eigenvalue weighted by Gasteiger charge is 2.22. The number of carbonyl (C=O) groups is 1. The van der Waals surface area contributed by atoms with Gasteiger partial charge in [0.2, 0.25) is 0 Å². The fourth-order valence-corrected chi connectivity index (χ4v) is 2.86. The van der Waals surface area contributed by atoms with Crippen LogP contribution in [0.5, 0.6) is 0 Å². The maximum atomic E-state index is 11.7. The fourth-order valence-electron chi connectivity index (χ4n) is 2.86. The fraction of sp³-hybridized carbons (Fsp3) is 0.118. The summed E-state index contributed by atoms with van der Waals surface area (Å²) < 4.78 is 1.77. The number of para-hydroxylation sites is 1. The zero-order chi connectivity index (χ0) is 14.3. The molecule has 3 rings (SSSR count). The van der Waals surface area contributed by atoms with Crippen molar-refractivity contribution in [3.05, 3.63) is 59.8 Å². The quantitative estimate of drug-likeness (QED) is 0.764. The van der Waals surface area contributed by atoms with E-state index in [-0.39, 0.29) is 0 Å². The summed E-state index contributed by atoms with van der Waals surface area (Å²) in [5, 5.41) is 10.6. The highest BCUT2D eigenvalue weighted by atomic mass is 16.4. The molecule has 0 bridgehead atoms. The van der Waals surface area contributed by atoms with Crippen molar-refractivity contribution in [2.24, 2.45) is 7.05 Å². The molecule has 0 unspecified atom stereocenters. The number of benzene rings is 2. The molecule has 2 aromatic carbocycles. The average molecular weight is 265 g/mol. The second kappa shape index (κ2) is 4.53. The van der Waals surface area contributed by atoms with Crippen LogP contribution in [0.4, 0.5) is 0 Å². The summed E-state index contributed by atoms with van der Waals surface area (Å²) in [6.45, 7) is 2.00. The van der Waals surface area contributed by atoms with Gasteiger partial charge in [-0.15, -0.1) is 0 Å². The Morgan fingerprint density at radius 1 is 1.05 bits per heavy atom. The summed E-state index contributed by atoms with van der Waals surface area (Å²) >= 11 is 0. The third-order valence-corrected chi connectivity index (χ3v) is 3.68. The van der Waals surface area contributed by atoms with Gasteiger partial charge in [0.05, 0.1) is 5.52 Å². The van der Waals surface area contributed by atoms with E-state index in [1.54, 1.807) is 4.57 Å². The number of aromatic carboxylic acids is 1. The summed E-state index contributed by atoms with van der Waals surface area (Å²) in [6.07, 6.45) is 0. The van der Waals surface area contributed by atoms with Gasteiger partial charge in [-0.3, -0.25) is 0 Å². The molecule has 0 amide bonds. The minimum Gasteiger partial charge on any atom is -0.477 e. The first kappa shape index (κ1) is 12.5. The first-order valence-corrected chi connectivity index (χ1v) is 6.48. The number of nitrogens with zero attached hydrogens (tertiary/aromatic N) is 1. The van der Waals surface area contributed by atoms with E-state index in [2.05, 4.69) is 0 Å². The summed E-state index contributed by atoms with van der Waals surface area (Å²) in [5.41, 5.74) is 4.11. The topological polar surface area (TPSA) is 42.2 Å². The average Bonchev–Trinajstić information content (AvgIpc) is 2.74. The predicted molar refractivity (Wildman–Crippen MR) is 80.1 cm³/mol. The van der Waals surface area contributed by atoms with Gasteiger partial charge in [-0.2, -0.15) is 0 Å². The Bertz CT molecular complexity index is 801. The van der Waals surface area contributed by atoms with Crippen LogP contribution in [0.1, 0.15) is 16.1 Å². The van der Waals surface area contributed by atoms with Crippen LogP contribution >= 0.6 is 0 Å². The molecule has 3 nitrogen and oxygen atoms in total. The number of carboxylic acids is 1. The SMILES string of the molecule is Cc1cccc2c(-c3ccccc3)c(C(=O)O)n(C)c12. The number of aromatic nitrogens is 1. The molecule has 3 aromatic rings. The summed E-state index contributed by atoms with van der Waals surface area (Å²) in [4.78, 5) is 11.7. The van der Waals surface area contributed by atoms with Crippen LogP contribution in [0.2, 0.25) is 0 Å². The minimum atomic E-state index is -0.901. The molecule has 1 aromatic heterocycles. The second-order valence-corrected chi connectivity index (χ2v) is 4.92. The molecule has 0 fully saturated rings. The number of carboxylic acid groups (broad SMARTS) is 1. The molecule has 1 N–H and O–H groups in total. The van der Waals surface area contributed by atoms with E-state index in [1.165, 1.54) is 0 Å². The Labute approximate surface area is 117 Å². The molecule has 0 radical (unpaired) electrons. The van der Waals surface area contributed by atoms with Gasteiger partial charge in [-0.05, 0) is 18.1 Å². The number of fused-ring (bicyclic) bond motifs is 1. The van der Waals surface area contributed by atoms with Crippen molar-refractivity contribution in [1.82, 2.24) is 4.57 Å². The lowest BCUT2D eigenvalue weighted by molar-refractivity contribution is 0.0688. The second-order valence-electron chi connectivity index (χ2n) is 4.92. The standard InChI is InChI=1S/C17H15NO2/c1-11-7-6-10-13-14(12-8-4-3-5-9-12)16(17(19)20)18(2)15(11)13/h3-10H,1-2H3,(H,19,20). The summed E-state index contributed by atoms with van der Waals surface area (Å²) in [6, 6.07) is 15.6. The largest absolute Gasteiger partial charge is 0.477 e. The van der Waals surface area contributed by atoms with Gasteiger partial charge in [0.25, 0.3) is 0 Å². The van der Waals surface area contributed by atoms with Crippen LogP contribution in [-0.2, 0) is 7.05 Å². The molecular weight excluding hydrogens is 250 g/mol. The molecule has 100 valence electrons. The third-order valence-electron chi connectivity index (χ3n) is 3.68. The molecule has 0 atom stereocenters. The molecule has 1 heterocycles. The molecular formula is C17H15NO2. The van der Waals surface area contributed by atoms with E-state index < -0.39 is 5.97 Å². The Balaban J connectivity index is 2.50. The molecule has 3 heteroatoms. The normalized spacial score (nSPS) is 10.9. The molecule has 0 saturated heterocycles. The smallest absolute Gasteiger partial charge is 0.353 e. The highest BCUT2D eigenvalue weighted by molar-refractivity contribution is 6.08. The minimum absolute atomic E-state index is 0.334. The molecule has 0 aliphatic rings. The van der Waals surface area contributed by atoms with E-state index in [9.17, 15) is 9.90 Å². The van der Waals surface area contributed by atoms with Crippen LogP contribution in [0.3, 0.4) is 0 Å². The number of aryl methyl sites for hydroxylation is 2. The number of rotatable bonds is 2. The van der Waals surface area contributed by atoms with Crippen molar-refractivity contribution in [1.29, 1.82) is 0 Å². The lowest BCUT2D eigenvalue weighted by atomic mass is 10.0. The van der Waals surface area contributed by atoms with Crippen LogP contribution in [0.15, 0.2) is 48.5 Å². The van der Waals surface area contributed by atoms with E-state index >= 15 is 0 Å². The van der Waals surface area contributed by atoms with E-state index in [4.69, 9.17) is 0 Å². The van der Waals surface area contributed by atoms with Crippen molar-refractivity contribution in [3.8, 4) is 11.1 Å². The zero-order valence-electron chi connectivity index (χ0n) is 11.4. The van der Waals surface area contributed by atoms with Gasteiger partial charge >= 0.3 is 5.97 Å². The maximum absolute atomic E-state index is 11.7. The molecule has 20 heavy (non-hydrogen) atoms. The van der Waals surface area contributed by atoms with Crippen molar-refractivity contribution < 1.29 is 9.90 Å². The van der Waals surface area contributed by atoms with Gasteiger partial charge in [-0.1, -0.05) is 48.5 Å². The van der Waals surface area contributed by atoms with Crippen LogP contribution in [0.25, 0.3) is 22.0 Å². The molecule has 0 spiro atoms. The predicted octanol–water partition coefficient (Wildman–Crippen LogP) is 3.85. The Hall–Kier alpha value is -2.55. The Kier molecular flexibility index (Phi) is 2.83. The number of hydrogen-bond donors (Lipinski definition) is 1. The van der Waals surface area contributed by atoms with Gasteiger partial charge in [0.15, 0.2) is 0 Å². The van der Waals surface area contributed by atoms with E-state index in [1.807, 2.05) is 62.5 Å². The lowest BCUT2D eigenvalue weighted by Crippen LogP contribution is -2.06. The van der Waals surface area contributed by atoms with E-state index in [0.29, 0.717) is 5.69 Å². The lowest BCUT2D eigenvalue weighted by Gasteiger charge is -2.03. The van der Waals surface area contributed by atoms with Crippen LogP contribution in [0, 0.1) is 6.92 Å². The van der Waals surface area contributed by atoms with Gasteiger partial charge < -0.3 is 9.67 Å². The van der Waals surface area contributed by atoms with Crippen molar-refractivity contribution in [3.63, 3.8) is 0 Å². The van der Waals surface area contributed by atoms with Crippen molar-refractivity contribution in [2.45, 2.75) is 6.92 Å².